The number of hydrogen-bond donors (Lipinski definition) is 0. The molecule has 0 radical (unpaired) electrons. The molecule has 0 amide bonds. The number of hydrogen-bond acceptors (Lipinski definition) is 3. The molecule has 19 heavy (non-hydrogen) atoms. The van der Waals surface area contributed by atoms with Gasteiger partial charge in [-0.15, -0.1) is 0 Å². The van der Waals surface area contributed by atoms with Crippen molar-refractivity contribution in [1.82, 2.24) is 4.31 Å². The van der Waals surface area contributed by atoms with Crippen LogP contribution in [-0.2, 0) is 14.8 Å². The first-order valence-electron chi connectivity index (χ1n) is 6.36. The minimum absolute atomic E-state index is 0.184. The maximum Gasteiger partial charge on any atom is 0.242 e. The van der Waals surface area contributed by atoms with E-state index in [9.17, 15) is 13.2 Å². The number of carbonyl (C=O) groups excluding carboxylic acids is 1. The van der Waals surface area contributed by atoms with Crippen molar-refractivity contribution in [2.24, 2.45) is 0 Å². The minimum Gasteiger partial charge on any atom is -0.299 e. The van der Waals surface area contributed by atoms with E-state index < -0.39 is 10.0 Å². The van der Waals surface area contributed by atoms with Crippen LogP contribution in [0.3, 0.4) is 0 Å². The number of carbonyl (C=O) groups is 1. The summed E-state index contributed by atoms with van der Waals surface area (Å²) in [4.78, 5) is 12.1. The molecule has 0 fully saturated rings. The summed E-state index contributed by atoms with van der Waals surface area (Å²) in [7, 11) is -0.408. The van der Waals surface area contributed by atoms with Gasteiger partial charge < -0.3 is 0 Å². The third kappa shape index (κ3) is 3.64. The Balaban J connectivity index is 2.97. The van der Waals surface area contributed by atoms with Crippen LogP contribution in [0.4, 0.5) is 0 Å². The molecule has 1 unspecified atom stereocenters. The second-order valence-corrected chi connectivity index (χ2v) is 6.95. The predicted octanol–water partition coefficient (Wildman–Crippen LogP) is 2.41. The Kier molecular flexibility index (Phi) is 5.26. The summed E-state index contributed by atoms with van der Waals surface area (Å²) in [5.41, 5.74) is 0.858. The number of nitrogens with zero attached hydrogens (tertiary/aromatic N) is 1. The summed E-state index contributed by atoms with van der Waals surface area (Å²) < 4.78 is 25.0. The number of rotatable bonds is 6. The Hall–Kier alpha value is -1.20. The van der Waals surface area contributed by atoms with E-state index in [-0.39, 0.29) is 16.6 Å². The lowest BCUT2D eigenvalue weighted by atomic mass is 9.94. The third-order valence-corrected chi connectivity index (χ3v) is 4.97. The first kappa shape index (κ1) is 15.9. The van der Waals surface area contributed by atoms with Gasteiger partial charge in [0.2, 0.25) is 10.0 Å². The molecule has 0 saturated heterocycles. The highest BCUT2D eigenvalue weighted by Gasteiger charge is 2.19. The molecule has 0 spiro atoms. The van der Waals surface area contributed by atoms with Gasteiger partial charge in [-0.05, 0) is 24.1 Å². The van der Waals surface area contributed by atoms with E-state index in [1.54, 1.807) is 24.3 Å². The van der Waals surface area contributed by atoms with Crippen molar-refractivity contribution in [3.8, 4) is 0 Å². The van der Waals surface area contributed by atoms with Gasteiger partial charge in [0.05, 0.1) is 4.90 Å². The van der Waals surface area contributed by atoms with Crippen LogP contribution in [0.2, 0.25) is 0 Å². The quantitative estimate of drug-likeness (QED) is 0.805. The normalized spacial score (nSPS) is 13.5. The van der Waals surface area contributed by atoms with Crippen LogP contribution in [0.5, 0.6) is 0 Å². The summed E-state index contributed by atoms with van der Waals surface area (Å²) in [5.74, 6) is 0.00165. The van der Waals surface area contributed by atoms with Gasteiger partial charge in [-0.25, -0.2) is 12.7 Å². The zero-order valence-corrected chi connectivity index (χ0v) is 12.7. The van der Waals surface area contributed by atoms with Crippen molar-refractivity contribution in [3.63, 3.8) is 0 Å². The molecule has 5 heteroatoms. The van der Waals surface area contributed by atoms with Crippen LogP contribution in [0.25, 0.3) is 0 Å². The Morgan fingerprint density at radius 2 is 1.74 bits per heavy atom. The van der Waals surface area contributed by atoms with Gasteiger partial charge in [0.1, 0.15) is 5.78 Å². The largest absolute Gasteiger partial charge is 0.299 e. The number of Topliss-reactive ketones (excluding diaryl/α,β-unsaturated/α-hetero) is 1. The fourth-order valence-electron chi connectivity index (χ4n) is 1.79. The van der Waals surface area contributed by atoms with Crippen LogP contribution in [0.15, 0.2) is 29.2 Å². The van der Waals surface area contributed by atoms with Crippen LogP contribution in [0, 0.1) is 0 Å². The van der Waals surface area contributed by atoms with E-state index in [4.69, 9.17) is 0 Å². The monoisotopic (exact) mass is 283 g/mol. The molecule has 1 rings (SSSR count). The second kappa shape index (κ2) is 6.30. The lowest BCUT2D eigenvalue weighted by Crippen LogP contribution is -2.22. The average molecular weight is 283 g/mol. The van der Waals surface area contributed by atoms with Crippen LogP contribution in [0.1, 0.15) is 38.2 Å². The standard InChI is InChI=1S/C14H21NO3S/c1-5-6-14(16)11(2)12-7-9-13(10-8-12)19(17,18)15(3)4/h7-11H,5-6H2,1-4H3. The molecule has 1 aromatic carbocycles. The van der Waals surface area contributed by atoms with Gasteiger partial charge in [0.15, 0.2) is 0 Å². The molecule has 0 aromatic heterocycles. The van der Waals surface area contributed by atoms with E-state index in [2.05, 4.69) is 0 Å². The zero-order valence-electron chi connectivity index (χ0n) is 11.9. The molecule has 0 saturated carbocycles. The van der Waals surface area contributed by atoms with Crippen molar-refractivity contribution in [2.45, 2.75) is 37.5 Å². The van der Waals surface area contributed by atoms with Gasteiger partial charge >= 0.3 is 0 Å². The molecule has 0 aliphatic heterocycles. The average Bonchev–Trinajstić information content (AvgIpc) is 2.38. The van der Waals surface area contributed by atoms with Gasteiger partial charge in [0.25, 0.3) is 0 Å². The second-order valence-electron chi connectivity index (χ2n) is 4.79. The topological polar surface area (TPSA) is 54.5 Å². The van der Waals surface area contributed by atoms with Crippen molar-refractivity contribution in [1.29, 1.82) is 0 Å². The lowest BCUT2D eigenvalue weighted by molar-refractivity contribution is -0.120. The Morgan fingerprint density at radius 3 is 2.16 bits per heavy atom. The molecule has 0 N–H and O–H groups in total. The van der Waals surface area contributed by atoms with Crippen molar-refractivity contribution in [2.75, 3.05) is 14.1 Å². The van der Waals surface area contributed by atoms with Gasteiger partial charge in [-0.2, -0.15) is 0 Å². The van der Waals surface area contributed by atoms with E-state index in [0.717, 1.165) is 12.0 Å². The highest BCUT2D eigenvalue weighted by Crippen LogP contribution is 2.21. The number of sulfonamides is 1. The van der Waals surface area contributed by atoms with Crippen molar-refractivity contribution in [3.05, 3.63) is 29.8 Å². The first-order chi connectivity index (χ1) is 8.80. The number of ketones is 1. The molecule has 0 aliphatic carbocycles. The summed E-state index contributed by atoms with van der Waals surface area (Å²) in [6, 6.07) is 6.55. The maximum atomic E-state index is 11.9. The van der Waals surface area contributed by atoms with Crippen LogP contribution < -0.4 is 0 Å². The predicted molar refractivity (Wildman–Crippen MR) is 75.6 cm³/mol. The molecule has 1 atom stereocenters. The van der Waals surface area contributed by atoms with Gasteiger partial charge in [-0.1, -0.05) is 26.0 Å². The van der Waals surface area contributed by atoms with Crippen LogP contribution in [-0.4, -0.2) is 32.6 Å². The molecular weight excluding hydrogens is 262 g/mol. The summed E-state index contributed by atoms with van der Waals surface area (Å²) in [6.45, 7) is 3.82. The fraction of sp³-hybridized carbons (Fsp3) is 0.500. The van der Waals surface area contributed by atoms with Crippen LogP contribution >= 0.6 is 0 Å². The summed E-state index contributed by atoms with van der Waals surface area (Å²) in [6.07, 6.45) is 1.38. The van der Waals surface area contributed by atoms with E-state index in [0.29, 0.717) is 6.42 Å². The smallest absolute Gasteiger partial charge is 0.242 e. The van der Waals surface area contributed by atoms with Crippen molar-refractivity contribution < 1.29 is 13.2 Å². The Bertz CT molecular complexity index is 532. The zero-order chi connectivity index (χ0) is 14.6. The molecule has 0 aliphatic rings. The molecule has 106 valence electrons. The van der Waals surface area contributed by atoms with Gasteiger partial charge in [-0.3, -0.25) is 4.79 Å². The molecule has 4 nitrogen and oxygen atoms in total. The number of benzene rings is 1. The lowest BCUT2D eigenvalue weighted by Gasteiger charge is -2.13. The Labute approximate surface area is 115 Å². The molecule has 1 aromatic rings. The minimum atomic E-state index is -3.40. The summed E-state index contributed by atoms with van der Waals surface area (Å²) >= 11 is 0. The van der Waals surface area contributed by atoms with E-state index in [1.807, 2.05) is 13.8 Å². The van der Waals surface area contributed by atoms with Crippen molar-refractivity contribution >= 4 is 15.8 Å². The van der Waals surface area contributed by atoms with Gasteiger partial charge in [0, 0.05) is 26.4 Å². The third-order valence-electron chi connectivity index (χ3n) is 3.14. The first-order valence-corrected chi connectivity index (χ1v) is 7.80. The fourth-order valence-corrected chi connectivity index (χ4v) is 2.69. The summed E-state index contributed by atoms with van der Waals surface area (Å²) in [5, 5.41) is 0. The molecular formula is C14H21NO3S. The van der Waals surface area contributed by atoms with E-state index in [1.165, 1.54) is 18.4 Å². The molecule has 0 heterocycles. The molecule has 0 bridgehead atoms. The maximum absolute atomic E-state index is 11.9. The Morgan fingerprint density at radius 1 is 1.21 bits per heavy atom. The highest BCUT2D eigenvalue weighted by atomic mass is 32.2. The highest BCUT2D eigenvalue weighted by molar-refractivity contribution is 7.89. The van der Waals surface area contributed by atoms with E-state index >= 15 is 0 Å². The SMILES string of the molecule is CCCC(=O)C(C)c1ccc(S(=O)(=O)N(C)C)cc1.